The molecule has 0 heterocycles. The number of hydrogen-bond acceptors (Lipinski definition) is 8. The maximum Gasteiger partial charge on any atom is 0.596 e. The highest BCUT2D eigenvalue weighted by Gasteiger charge is 2.38. The van der Waals surface area contributed by atoms with Crippen molar-refractivity contribution in [2.45, 2.75) is 34.1 Å². The summed E-state index contributed by atoms with van der Waals surface area (Å²) in [6.07, 6.45) is 1.14. The van der Waals surface area contributed by atoms with Gasteiger partial charge in [-0.3, -0.25) is 19.4 Å². The molecule has 0 rings (SSSR count). The van der Waals surface area contributed by atoms with Gasteiger partial charge in [-0.25, -0.2) is 0 Å². The van der Waals surface area contributed by atoms with Gasteiger partial charge < -0.3 is 33.9 Å². The van der Waals surface area contributed by atoms with Gasteiger partial charge in [0.1, 0.15) is 0 Å². The van der Waals surface area contributed by atoms with Crippen LogP contribution in [0.25, 0.3) is 0 Å². The summed E-state index contributed by atoms with van der Waals surface area (Å²) in [6, 6.07) is 0. The first-order chi connectivity index (χ1) is 11.9. The van der Waals surface area contributed by atoms with E-state index in [1.165, 1.54) is 0 Å². The van der Waals surface area contributed by atoms with Crippen molar-refractivity contribution in [1.29, 1.82) is 0 Å². The zero-order chi connectivity index (χ0) is 21.6. The molecule has 158 valence electrons. The molecule has 11 nitrogen and oxygen atoms in total. The third kappa shape index (κ3) is 43.3. The van der Waals surface area contributed by atoms with E-state index in [4.69, 9.17) is 43.0 Å². The predicted molar refractivity (Wildman–Crippen MR) is 97.9 cm³/mol. The fraction of sp³-hybridized carbons (Fsp3) is 0.786. The molecule has 0 aliphatic carbocycles. The summed E-state index contributed by atoms with van der Waals surface area (Å²) in [5, 5.41) is 25.5. The average Bonchev–Trinajstić information content (AvgIpc) is 2.50. The van der Waals surface area contributed by atoms with Crippen LogP contribution in [0.2, 0.25) is 0 Å². The van der Waals surface area contributed by atoms with E-state index in [-0.39, 0.29) is 0 Å². The van der Waals surface area contributed by atoms with Crippen LogP contribution in [0.4, 0.5) is 0 Å². The standard InChI is InChI=1S/C8H22N2O3Si.3C2H4O2/c1-5-6-9-7-8-10-14(11-2,12-3)13-4;3*1-2(3)4/h9-10H,5-8H2,1-4H3;3*1H3,(H,3,4). The van der Waals surface area contributed by atoms with Crippen LogP contribution < -0.4 is 10.3 Å². The second-order valence-electron chi connectivity index (χ2n) is 4.40. The lowest BCUT2D eigenvalue weighted by Gasteiger charge is -2.24. The highest BCUT2D eigenvalue weighted by atomic mass is 28.4. The van der Waals surface area contributed by atoms with E-state index in [0.717, 1.165) is 46.8 Å². The topological polar surface area (TPSA) is 164 Å². The van der Waals surface area contributed by atoms with Gasteiger partial charge in [-0.05, 0) is 13.0 Å². The lowest BCUT2D eigenvalue weighted by molar-refractivity contribution is -0.135. The quantitative estimate of drug-likeness (QED) is 0.265. The molecule has 0 spiro atoms. The van der Waals surface area contributed by atoms with Crippen molar-refractivity contribution in [2.75, 3.05) is 41.0 Å². The van der Waals surface area contributed by atoms with Crippen molar-refractivity contribution in [3.63, 3.8) is 0 Å². The molecule has 0 radical (unpaired) electrons. The van der Waals surface area contributed by atoms with E-state index in [9.17, 15) is 0 Å². The van der Waals surface area contributed by atoms with Gasteiger partial charge in [0.05, 0.1) is 0 Å². The second kappa shape index (κ2) is 23.4. The summed E-state index contributed by atoms with van der Waals surface area (Å²) in [5.41, 5.74) is 0. The summed E-state index contributed by atoms with van der Waals surface area (Å²) in [5.74, 6) is -2.50. The maximum atomic E-state index is 9.00. The second-order valence-corrected chi connectivity index (χ2v) is 7.09. The Hall–Kier alpha value is -1.57. The van der Waals surface area contributed by atoms with Gasteiger partial charge in [0, 0.05) is 55.2 Å². The van der Waals surface area contributed by atoms with Crippen LogP contribution in [-0.2, 0) is 27.7 Å². The molecule has 5 N–H and O–H groups in total. The van der Waals surface area contributed by atoms with Crippen LogP contribution in [0, 0.1) is 0 Å². The number of aliphatic carboxylic acids is 3. The Morgan fingerprint density at radius 3 is 1.31 bits per heavy atom. The van der Waals surface area contributed by atoms with E-state index in [1.807, 2.05) is 0 Å². The molecule has 0 saturated heterocycles. The minimum Gasteiger partial charge on any atom is -0.481 e. The Balaban J connectivity index is -0.000000164. The molecule has 12 heteroatoms. The Labute approximate surface area is 156 Å². The van der Waals surface area contributed by atoms with E-state index in [1.54, 1.807) is 21.3 Å². The van der Waals surface area contributed by atoms with Crippen LogP contribution in [0.5, 0.6) is 0 Å². The Bertz CT molecular complexity index is 305. The predicted octanol–water partition coefficient (Wildman–Crippen LogP) is 0.223. The van der Waals surface area contributed by atoms with Crippen molar-refractivity contribution >= 4 is 26.9 Å². The molecule has 0 aromatic rings. The minimum absolute atomic E-state index is 0.780. The summed E-state index contributed by atoms with van der Waals surface area (Å²) in [7, 11) is 2.20. The normalized spacial score (nSPS) is 9.35. The maximum absolute atomic E-state index is 9.00. The number of rotatable bonds is 9. The van der Waals surface area contributed by atoms with Crippen molar-refractivity contribution in [2.24, 2.45) is 0 Å². The number of carboxylic acid groups (broad SMARTS) is 3. The van der Waals surface area contributed by atoms with Gasteiger partial charge >= 0.3 is 8.97 Å². The Morgan fingerprint density at radius 1 is 0.769 bits per heavy atom. The molecule has 0 amide bonds. The molecule has 0 bridgehead atoms. The van der Waals surface area contributed by atoms with Gasteiger partial charge in [0.2, 0.25) is 0 Å². The lowest BCUT2D eigenvalue weighted by Crippen LogP contribution is -2.58. The van der Waals surface area contributed by atoms with Crippen LogP contribution in [0.1, 0.15) is 34.1 Å². The molecule has 26 heavy (non-hydrogen) atoms. The van der Waals surface area contributed by atoms with Crippen LogP contribution in [-0.4, -0.2) is 83.2 Å². The fourth-order valence-corrected chi connectivity index (χ4v) is 2.44. The van der Waals surface area contributed by atoms with Gasteiger partial charge in [-0.2, -0.15) is 0 Å². The van der Waals surface area contributed by atoms with E-state index < -0.39 is 26.9 Å². The van der Waals surface area contributed by atoms with Gasteiger partial charge in [-0.15, -0.1) is 0 Å². The zero-order valence-corrected chi connectivity index (χ0v) is 17.6. The largest absolute Gasteiger partial charge is 0.596 e. The van der Waals surface area contributed by atoms with Crippen LogP contribution in [0.15, 0.2) is 0 Å². The summed E-state index contributed by atoms with van der Waals surface area (Å²) >= 11 is 0. The van der Waals surface area contributed by atoms with Gasteiger partial charge in [0.15, 0.2) is 0 Å². The zero-order valence-electron chi connectivity index (χ0n) is 16.6. The number of hydrogen-bond donors (Lipinski definition) is 5. The highest BCUT2D eigenvalue weighted by molar-refractivity contribution is 6.57. The SMILES string of the molecule is CC(=O)O.CC(=O)O.CC(=O)O.CCCNCCN[Si](OC)(OC)OC. The molecular weight excluding hydrogens is 368 g/mol. The first-order valence-corrected chi connectivity index (χ1v) is 9.36. The Morgan fingerprint density at radius 2 is 1.08 bits per heavy atom. The number of carboxylic acids is 3. The highest BCUT2D eigenvalue weighted by Crippen LogP contribution is 1.99. The van der Waals surface area contributed by atoms with Crippen LogP contribution in [0.3, 0.4) is 0 Å². The van der Waals surface area contributed by atoms with E-state index >= 15 is 0 Å². The third-order valence-electron chi connectivity index (χ3n) is 1.88. The summed E-state index contributed by atoms with van der Waals surface area (Å²) in [4.78, 5) is 30.2. The molecule has 0 unspecified atom stereocenters. The molecular formula is C14H34N2O9Si. The Kier molecular flexibility index (Phi) is 28.9. The van der Waals surface area contributed by atoms with E-state index in [0.29, 0.717) is 0 Å². The molecule has 0 atom stereocenters. The number of carbonyl (C=O) groups is 3. The third-order valence-corrected chi connectivity index (χ3v) is 4.17. The van der Waals surface area contributed by atoms with Crippen molar-refractivity contribution < 1.29 is 43.0 Å². The van der Waals surface area contributed by atoms with Gasteiger partial charge in [0.25, 0.3) is 17.9 Å². The average molecular weight is 403 g/mol. The minimum atomic E-state index is -2.57. The molecule has 0 aliphatic heterocycles. The van der Waals surface area contributed by atoms with E-state index in [2.05, 4.69) is 17.2 Å². The molecule has 0 aromatic heterocycles. The molecule has 0 aliphatic rings. The fourth-order valence-electron chi connectivity index (χ4n) is 1.07. The first-order valence-electron chi connectivity index (χ1n) is 7.64. The first kappa shape index (κ1) is 32.1. The molecule has 0 saturated carbocycles. The van der Waals surface area contributed by atoms with Gasteiger partial charge in [-0.1, -0.05) is 6.92 Å². The monoisotopic (exact) mass is 402 g/mol. The summed E-state index contributed by atoms with van der Waals surface area (Å²) < 4.78 is 15.6. The lowest BCUT2D eigenvalue weighted by atomic mass is 10.5. The van der Waals surface area contributed by atoms with Crippen molar-refractivity contribution in [3.8, 4) is 0 Å². The van der Waals surface area contributed by atoms with Crippen LogP contribution >= 0.6 is 0 Å². The summed E-state index contributed by atoms with van der Waals surface area (Å²) in [6.45, 7) is 8.09. The van der Waals surface area contributed by atoms with Crippen molar-refractivity contribution in [3.05, 3.63) is 0 Å². The smallest absolute Gasteiger partial charge is 0.481 e. The molecule has 0 fully saturated rings. The van der Waals surface area contributed by atoms with Crippen molar-refractivity contribution in [1.82, 2.24) is 10.3 Å². The molecule has 0 aromatic carbocycles. The number of nitrogens with one attached hydrogen (secondary N) is 2.